The van der Waals surface area contributed by atoms with Crippen LogP contribution in [0, 0.1) is 0 Å². The number of carbonyl (C=O) groups is 2. The molecule has 0 spiro atoms. The number of methoxy groups -OCH3 is 2. The third-order valence-electron chi connectivity index (χ3n) is 5.38. The second kappa shape index (κ2) is 13.3. The minimum atomic E-state index is -1.19. The average Bonchev–Trinajstić information content (AvgIpc) is 2.80. The zero-order chi connectivity index (χ0) is 23.5. The monoisotopic (exact) mass is 454 g/mol. The first-order chi connectivity index (χ1) is 15.4. The lowest BCUT2D eigenvalue weighted by molar-refractivity contribution is -0.136. The van der Waals surface area contributed by atoms with Gasteiger partial charge in [0.25, 0.3) is 5.91 Å². The summed E-state index contributed by atoms with van der Waals surface area (Å²) in [6, 6.07) is 0.185. The summed E-state index contributed by atoms with van der Waals surface area (Å²) in [6.45, 7) is 3.19. The van der Waals surface area contributed by atoms with Crippen LogP contribution in [-0.2, 0) is 14.3 Å². The molecule has 0 saturated carbocycles. The van der Waals surface area contributed by atoms with Crippen LogP contribution in [-0.4, -0.2) is 114 Å². The van der Waals surface area contributed by atoms with Gasteiger partial charge >= 0.3 is 6.01 Å². The van der Waals surface area contributed by atoms with Gasteiger partial charge in [-0.1, -0.05) is 0 Å². The fourth-order valence-electron chi connectivity index (χ4n) is 3.46. The van der Waals surface area contributed by atoms with Gasteiger partial charge in [-0.05, 0) is 19.3 Å². The van der Waals surface area contributed by atoms with E-state index < -0.39 is 18.3 Å². The van der Waals surface area contributed by atoms with E-state index >= 15 is 0 Å². The lowest BCUT2D eigenvalue weighted by Crippen LogP contribution is -2.48. The highest BCUT2D eigenvalue weighted by atomic mass is 16.5. The molecule has 0 bridgehead atoms. The minimum Gasteiger partial charge on any atom is -0.467 e. The number of ether oxygens (including phenoxy) is 3. The number of amides is 2. The summed E-state index contributed by atoms with van der Waals surface area (Å²) in [5.74, 6) is -0.386. The predicted octanol–water partition coefficient (Wildman–Crippen LogP) is -0.287. The SMILES string of the molecule is COc1ncc(C(=O)N2CCCCOC[C@H](O)[C@H](O)[C@@H](OC)CN(C(C)=O)CCC2)cn1. The van der Waals surface area contributed by atoms with Crippen LogP contribution in [0.15, 0.2) is 12.4 Å². The largest absolute Gasteiger partial charge is 0.467 e. The van der Waals surface area contributed by atoms with Crippen molar-refractivity contribution >= 4 is 11.8 Å². The second-order valence-corrected chi connectivity index (χ2v) is 7.68. The maximum absolute atomic E-state index is 13.0. The minimum absolute atomic E-state index is 0.0487. The Kier molecular flexibility index (Phi) is 10.7. The molecule has 0 aliphatic carbocycles. The van der Waals surface area contributed by atoms with Crippen LogP contribution in [0.2, 0.25) is 0 Å². The van der Waals surface area contributed by atoms with Crippen LogP contribution < -0.4 is 4.74 Å². The zero-order valence-corrected chi connectivity index (χ0v) is 19.0. The first kappa shape index (κ1) is 25.9. The summed E-state index contributed by atoms with van der Waals surface area (Å²) >= 11 is 0. The molecule has 2 heterocycles. The molecule has 0 aromatic carbocycles. The van der Waals surface area contributed by atoms with Crippen molar-refractivity contribution in [3.05, 3.63) is 18.0 Å². The first-order valence-electron chi connectivity index (χ1n) is 10.7. The van der Waals surface area contributed by atoms with Crippen molar-refractivity contribution in [2.24, 2.45) is 0 Å². The highest BCUT2D eigenvalue weighted by Gasteiger charge is 2.29. The van der Waals surface area contributed by atoms with E-state index in [1.807, 2.05) is 0 Å². The van der Waals surface area contributed by atoms with Crippen molar-refractivity contribution in [3.63, 3.8) is 0 Å². The highest BCUT2D eigenvalue weighted by Crippen LogP contribution is 2.12. The Morgan fingerprint density at radius 2 is 1.72 bits per heavy atom. The van der Waals surface area contributed by atoms with Gasteiger partial charge in [0.2, 0.25) is 5.91 Å². The molecule has 32 heavy (non-hydrogen) atoms. The summed E-state index contributed by atoms with van der Waals surface area (Å²) in [5, 5.41) is 20.6. The molecule has 1 aliphatic heterocycles. The van der Waals surface area contributed by atoms with Gasteiger partial charge < -0.3 is 34.2 Å². The number of carbonyl (C=O) groups excluding carboxylic acids is 2. The summed E-state index contributed by atoms with van der Waals surface area (Å²) in [6.07, 6.45) is 1.68. The third kappa shape index (κ3) is 7.66. The summed E-state index contributed by atoms with van der Waals surface area (Å²) in [4.78, 5) is 36.4. The van der Waals surface area contributed by atoms with Crippen molar-refractivity contribution < 1.29 is 34.0 Å². The van der Waals surface area contributed by atoms with Gasteiger partial charge in [-0.15, -0.1) is 0 Å². The van der Waals surface area contributed by atoms with E-state index in [9.17, 15) is 19.8 Å². The number of hydrogen-bond donors (Lipinski definition) is 2. The fraction of sp³-hybridized carbons (Fsp3) is 0.714. The normalized spacial score (nSPS) is 24.3. The Hall–Kier alpha value is -2.34. The lowest BCUT2D eigenvalue weighted by atomic mass is 10.1. The molecule has 1 aromatic rings. The average molecular weight is 455 g/mol. The maximum atomic E-state index is 13.0. The van der Waals surface area contributed by atoms with Crippen LogP contribution in [0.1, 0.15) is 36.5 Å². The molecule has 180 valence electrons. The van der Waals surface area contributed by atoms with Crippen molar-refractivity contribution in [3.8, 4) is 6.01 Å². The van der Waals surface area contributed by atoms with E-state index in [-0.39, 0.29) is 31.0 Å². The number of hydrogen-bond acceptors (Lipinski definition) is 9. The fourth-order valence-corrected chi connectivity index (χ4v) is 3.46. The standard InChI is InChI=1S/C21H34N4O7/c1-15(26)25-9-6-8-24(20(29)16-11-22-21(31-3)23-12-16)7-4-5-10-32-14-17(27)19(28)18(13-25)30-2/h11-12,17-19,27-28H,4-10,13-14H2,1-3H3/t17-,18-,19-/m0/s1. The number of rotatable bonds is 3. The molecule has 1 fully saturated rings. The number of aromatic nitrogens is 2. The molecule has 1 saturated heterocycles. The molecule has 0 radical (unpaired) electrons. The Balaban J connectivity index is 2.13. The van der Waals surface area contributed by atoms with Crippen LogP contribution in [0.3, 0.4) is 0 Å². The summed E-state index contributed by atoms with van der Waals surface area (Å²) < 4.78 is 15.8. The summed E-state index contributed by atoms with van der Waals surface area (Å²) in [7, 11) is 2.88. The Morgan fingerprint density at radius 1 is 1.06 bits per heavy atom. The topological polar surface area (TPSA) is 135 Å². The lowest BCUT2D eigenvalue weighted by Gasteiger charge is -2.31. The Bertz CT molecular complexity index is 719. The Labute approximate surface area is 188 Å². The van der Waals surface area contributed by atoms with E-state index in [1.54, 1.807) is 9.80 Å². The number of aliphatic hydroxyl groups is 2. The van der Waals surface area contributed by atoms with Gasteiger partial charge in [0.15, 0.2) is 0 Å². The van der Waals surface area contributed by atoms with Crippen molar-refractivity contribution in [1.82, 2.24) is 19.8 Å². The number of aliphatic hydroxyl groups excluding tert-OH is 2. The molecule has 11 heteroatoms. The van der Waals surface area contributed by atoms with E-state index in [2.05, 4.69) is 9.97 Å². The molecule has 11 nitrogen and oxygen atoms in total. The van der Waals surface area contributed by atoms with Gasteiger partial charge in [-0.25, -0.2) is 9.97 Å². The van der Waals surface area contributed by atoms with E-state index in [0.717, 1.165) is 0 Å². The first-order valence-corrected chi connectivity index (χ1v) is 10.7. The van der Waals surface area contributed by atoms with Crippen molar-refractivity contribution in [1.29, 1.82) is 0 Å². The van der Waals surface area contributed by atoms with Gasteiger partial charge in [-0.2, -0.15) is 0 Å². The van der Waals surface area contributed by atoms with Gasteiger partial charge in [0.1, 0.15) is 18.3 Å². The van der Waals surface area contributed by atoms with Gasteiger partial charge in [0, 0.05) is 59.2 Å². The van der Waals surface area contributed by atoms with Crippen LogP contribution in [0.25, 0.3) is 0 Å². The molecule has 2 rings (SSSR count). The Morgan fingerprint density at radius 3 is 2.34 bits per heavy atom. The smallest absolute Gasteiger partial charge is 0.316 e. The van der Waals surface area contributed by atoms with E-state index in [0.29, 0.717) is 51.1 Å². The van der Waals surface area contributed by atoms with Crippen molar-refractivity contribution in [2.45, 2.75) is 44.5 Å². The van der Waals surface area contributed by atoms with E-state index in [1.165, 1.54) is 33.5 Å². The molecule has 3 atom stereocenters. The molecule has 2 amide bonds. The molecular weight excluding hydrogens is 420 g/mol. The molecule has 0 unspecified atom stereocenters. The number of nitrogens with zero attached hydrogens (tertiary/aromatic N) is 4. The second-order valence-electron chi connectivity index (χ2n) is 7.68. The van der Waals surface area contributed by atoms with Gasteiger partial charge in [0.05, 0.1) is 19.3 Å². The van der Waals surface area contributed by atoms with Crippen LogP contribution in [0.5, 0.6) is 6.01 Å². The zero-order valence-electron chi connectivity index (χ0n) is 19.0. The maximum Gasteiger partial charge on any atom is 0.316 e. The van der Waals surface area contributed by atoms with Crippen molar-refractivity contribution in [2.75, 3.05) is 53.6 Å². The van der Waals surface area contributed by atoms with Crippen LogP contribution >= 0.6 is 0 Å². The predicted molar refractivity (Wildman–Crippen MR) is 114 cm³/mol. The molecule has 2 N–H and O–H groups in total. The van der Waals surface area contributed by atoms with Crippen LogP contribution in [0.4, 0.5) is 0 Å². The molecule has 1 aliphatic rings. The third-order valence-corrected chi connectivity index (χ3v) is 5.38. The summed E-state index contributed by atoms with van der Waals surface area (Å²) in [5.41, 5.74) is 0.356. The molecular formula is C21H34N4O7. The quantitative estimate of drug-likeness (QED) is 0.632. The highest BCUT2D eigenvalue weighted by molar-refractivity contribution is 5.93. The van der Waals surface area contributed by atoms with E-state index in [4.69, 9.17) is 14.2 Å². The van der Waals surface area contributed by atoms with Gasteiger partial charge in [-0.3, -0.25) is 9.59 Å². The molecule has 1 aromatic heterocycles.